The van der Waals surface area contributed by atoms with E-state index in [2.05, 4.69) is 9.97 Å². The molecular weight excluding hydrogens is 212 g/mol. The lowest BCUT2D eigenvalue weighted by molar-refractivity contribution is 0.136. The quantitative estimate of drug-likeness (QED) is 0.751. The van der Waals surface area contributed by atoms with E-state index in [4.69, 9.17) is 18.9 Å². The molecule has 0 unspecified atom stereocenters. The van der Waals surface area contributed by atoms with Crippen LogP contribution in [-0.4, -0.2) is 43.5 Å². The van der Waals surface area contributed by atoms with Gasteiger partial charge in [0.15, 0.2) is 0 Å². The summed E-state index contributed by atoms with van der Waals surface area (Å²) in [5.74, 6) is 0.861. The average Bonchev–Trinajstić information content (AvgIpc) is 2.81. The Morgan fingerprint density at radius 2 is 2.06 bits per heavy atom. The number of ether oxygens (including phenoxy) is 4. The highest BCUT2D eigenvalue weighted by Gasteiger charge is 2.18. The first-order valence-electron chi connectivity index (χ1n) is 5.03. The third-order valence-electron chi connectivity index (χ3n) is 2.23. The SMILES string of the molecule is COc1cc(O[C@H]2CCOC2)nc(OC)n1. The van der Waals surface area contributed by atoms with E-state index in [0.29, 0.717) is 18.4 Å². The molecule has 2 heterocycles. The second-order valence-electron chi connectivity index (χ2n) is 3.34. The van der Waals surface area contributed by atoms with Crippen molar-refractivity contribution < 1.29 is 18.9 Å². The van der Waals surface area contributed by atoms with Crippen LogP contribution in [0.25, 0.3) is 0 Å². The molecule has 0 spiro atoms. The van der Waals surface area contributed by atoms with E-state index in [9.17, 15) is 0 Å². The molecule has 1 saturated heterocycles. The summed E-state index contributed by atoms with van der Waals surface area (Å²) in [7, 11) is 3.03. The summed E-state index contributed by atoms with van der Waals surface area (Å²) in [5.41, 5.74) is 0. The van der Waals surface area contributed by atoms with Gasteiger partial charge in [0.25, 0.3) is 0 Å². The van der Waals surface area contributed by atoms with Crippen LogP contribution in [0, 0.1) is 0 Å². The third kappa shape index (κ3) is 2.52. The van der Waals surface area contributed by atoms with Gasteiger partial charge in [-0.2, -0.15) is 9.97 Å². The molecule has 0 aromatic carbocycles. The molecule has 88 valence electrons. The predicted molar refractivity (Wildman–Crippen MR) is 55.0 cm³/mol. The molecule has 0 saturated carbocycles. The van der Waals surface area contributed by atoms with Crippen LogP contribution in [-0.2, 0) is 4.74 Å². The summed E-state index contributed by atoms with van der Waals surface area (Å²) in [6.45, 7) is 1.32. The normalized spacial score (nSPS) is 19.5. The molecular formula is C10H14N2O4. The fourth-order valence-electron chi connectivity index (χ4n) is 1.42. The van der Waals surface area contributed by atoms with Crippen LogP contribution in [0.1, 0.15) is 6.42 Å². The van der Waals surface area contributed by atoms with Gasteiger partial charge in [-0.3, -0.25) is 0 Å². The lowest BCUT2D eigenvalue weighted by Crippen LogP contribution is -2.16. The van der Waals surface area contributed by atoms with Gasteiger partial charge in [0.2, 0.25) is 11.8 Å². The summed E-state index contributed by atoms with van der Waals surface area (Å²) in [6, 6.07) is 1.86. The first-order valence-corrected chi connectivity index (χ1v) is 5.03. The fourth-order valence-corrected chi connectivity index (χ4v) is 1.42. The Morgan fingerprint density at radius 3 is 2.69 bits per heavy atom. The Labute approximate surface area is 93.5 Å². The Bertz CT molecular complexity index is 330. The smallest absolute Gasteiger partial charge is 0.322 e. The van der Waals surface area contributed by atoms with Gasteiger partial charge in [-0.25, -0.2) is 0 Å². The molecule has 0 aliphatic carbocycles. The van der Waals surface area contributed by atoms with Crippen molar-refractivity contribution in [3.05, 3.63) is 6.07 Å². The molecule has 2 rings (SSSR count). The van der Waals surface area contributed by atoms with Crippen molar-refractivity contribution in [2.45, 2.75) is 12.5 Å². The molecule has 16 heavy (non-hydrogen) atoms. The maximum atomic E-state index is 5.62. The Hall–Kier alpha value is -1.56. The standard InChI is InChI=1S/C10H14N2O4/c1-13-8-5-9(12-10(11-8)14-2)16-7-3-4-15-6-7/h5,7H,3-4,6H2,1-2H3/t7-/m0/s1. The number of methoxy groups -OCH3 is 2. The van der Waals surface area contributed by atoms with Gasteiger partial charge in [0.1, 0.15) is 6.10 Å². The lowest BCUT2D eigenvalue weighted by Gasteiger charge is -2.11. The van der Waals surface area contributed by atoms with Crippen LogP contribution >= 0.6 is 0 Å². The van der Waals surface area contributed by atoms with E-state index in [-0.39, 0.29) is 12.1 Å². The predicted octanol–water partition coefficient (Wildman–Crippen LogP) is 0.661. The Balaban J connectivity index is 2.12. The van der Waals surface area contributed by atoms with E-state index in [1.807, 2.05) is 0 Å². The molecule has 6 heteroatoms. The molecule has 1 aliphatic rings. The van der Waals surface area contributed by atoms with E-state index in [1.165, 1.54) is 14.2 Å². The molecule has 1 aliphatic heterocycles. The van der Waals surface area contributed by atoms with E-state index < -0.39 is 0 Å². The molecule has 1 aromatic rings. The molecule has 0 N–H and O–H groups in total. The first-order chi connectivity index (χ1) is 7.81. The van der Waals surface area contributed by atoms with Crippen molar-refractivity contribution in [2.24, 2.45) is 0 Å². The highest BCUT2D eigenvalue weighted by atomic mass is 16.6. The van der Waals surface area contributed by atoms with Crippen molar-refractivity contribution in [1.29, 1.82) is 0 Å². The molecule has 0 amide bonds. The van der Waals surface area contributed by atoms with Crippen LogP contribution in [0.4, 0.5) is 0 Å². The van der Waals surface area contributed by atoms with E-state index >= 15 is 0 Å². The van der Waals surface area contributed by atoms with Gasteiger partial charge in [0, 0.05) is 6.42 Å². The van der Waals surface area contributed by atoms with Gasteiger partial charge in [0.05, 0.1) is 33.5 Å². The summed E-state index contributed by atoms with van der Waals surface area (Å²) < 4.78 is 20.8. The van der Waals surface area contributed by atoms with Crippen molar-refractivity contribution in [1.82, 2.24) is 9.97 Å². The first kappa shape index (κ1) is 10.9. The zero-order valence-electron chi connectivity index (χ0n) is 9.30. The fraction of sp³-hybridized carbons (Fsp3) is 0.600. The molecule has 1 aromatic heterocycles. The maximum absolute atomic E-state index is 5.62. The Kier molecular flexibility index (Phi) is 3.40. The molecule has 6 nitrogen and oxygen atoms in total. The van der Waals surface area contributed by atoms with Crippen molar-refractivity contribution >= 4 is 0 Å². The van der Waals surface area contributed by atoms with Crippen LogP contribution in [0.15, 0.2) is 6.07 Å². The number of aromatic nitrogens is 2. The van der Waals surface area contributed by atoms with Gasteiger partial charge < -0.3 is 18.9 Å². The minimum Gasteiger partial charge on any atom is -0.481 e. The average molecular weight is 226 g/mol. The zero-order valence-corrected chi connectivity index (χ0v) is 9.30. The largest absolute Gasteiger partial charge is 0.481 e. The van der Waals surface area contributed by atoms with E-state index in [0.717, 1.165) is 13.0 Å². The van der Waals surface area contributed by atoms with Crippen LogP contribution < -0.4 is 14.2 Å². The maximum Gasteiger partial charge on any atom is 0.322 e. The Morgan fingerprint density at radius 1 is 1.25 bits per heavy atom. The molecule has 1 fully saturated rings. The van der Waals surface area contributed by atoms with Crippen molar-refractivity contribution in [3.8, 4) is 17.8 Å². The zero-order chi connectivity index (χ0) is 11.4. The topological polar surface area (TPSA) is 62.7 Å². The van der Waals surface area contributed by atoms with Gasteiger partial charge in [-0.05, 0) is 0 Å². The monoisotopic (exact) mass is 226 g/mol. The highest BCUT2D eigenvalue weighted by molar-refractivity contribution is 5.23. The van der Waals surface area contributed by atoms with Crippen molar-refractivity contribution in [3.63, 3.8) is 0 Å². The molecule has 1 atom stereocenters. The third-order valence-corrected chi connectivity index (χ3v) is 2.23. The summed E-state index contributed by atoms with van der Waals surface area (Å²) >= 11 is 0. The van der Waals surface area contributed by atoms with Gasteiger partial charge >= 0.3 is 6.01 Å². The minimum absolute atomic E-state index is 0.0457. The number of rotatable bonds is 4. The summed E-state index contributed by atoms with van der Waals surface area (Å²) in [6.07, 6.45) is 0.915. The molecule has 0 radical (unpaired) electrons. The summed E-state index contributed by atoms with van der Waals surface area (Å²) in [4.78, 5) is 8.05. The lowest BCUT2D eigenvalue weighted by atomic mass is 10.3. The van der Waals surface area contributed by atoms with Crippen LogP contribution in [0.3, 0.4) is 0 Å². The number of hydrogen-bond acceptors (Lipinski definition) is 6. The van der Waals surface area contributed by atoms with Crippen molar-refractivity contribution in [2.75, 3.05) is 27.4 Å². The second kappa shape index (κ2) is 4.98. The summed E-state index contributed by atoms with van der Waals surface area (Å²) in [5, 5.41) is 0. The minimum atomic E-state index is 0.0457. The van der Waals surface area contributed by atoms with Gasteiger partial charge in [-0.15, -0.1) is 0 Å². The number of hydrogen-bond donors (Lipinski definition) is 0. The second-order valence-corrected chi connectivity index (χ2v) is 3.34. The van der Waals surface area contributed by atoms with Gasteiger partial charge in [-0.1, -0.05) is 0 Å². The number of nitrogens with zero attached hydrogens (tertiary/aromatic N) is 2. The van der Waals surface area contributed by atoms with Crippen LogP contribution in [0.5, 0.6) is 17.8 Å². The molecule has 0 bridgehead atoms. The highest BCUT2D eigenvalue weighted by Crippen LogP contribution is 2.21. The van der Waals surface area contributed by atoms with E-state index in [1.54, 1.807) is 6.07 Å². The van der Waals surface area contributed by atoms with Crippen LogP contribution in [0.2, 0.25) is 0 Å².